The first-order chi connectivity index (χ1) is 9.37. The number of nitrogens with zero attached hydrogens (tertiary/aromatic N) is 1. The maximum atomic E-state index is 12.4. The molecule has 1 aliphatic heterocycles. The maximum Gasteiger partial charge on any atom is 0.257 e. The predicted molar refractivity (Wildman–Crippen MR) is 75.8 cm³/mol. The minimum absolute atomic E-state index is 0.0758. The molecule has 0 aliphatic carbocycles. The van der Waals surface area contributed by atoms with Crippen molar-refractivity contribution in [2.75, 3.05) is 20.1 Å². The van der Waals surface area contributed by atoms with E-state index in [0.29, 0.717) is 24.5 Å². The normalized spacial score (nSPS) is 21.9. The largest absolute Gasteiger partial charge is 0.507 e. The van der Waals surface area contributed by atoms with Crippen LogP contribution >= 0.6 is 11.6 Å². The standard InChI is InChI=1S/C14H17ClN2O3/c1-14(13(20)16-2)5-6-17(8-14)12(19)10-4-3-9(15)7-11(10)18/h3-4,7,18H,5-6,8H2,1-2H3,(H,16,20). The molecule has 0 aromatic heterocycles. The molecule has 20 heavy (non-hydrogen) atoms. The second-order valence-corrected chi connectivity index (χ2v) is 5.71. The molecule has 6 heteroatoms. The Morgan fingerprint density at radius 2 is 2.15 bits per heavy atom. The second-order valence-electron chi connectivity index (χ2n) is 5.28. The van der Waals surface area contributed by atoms with Crippen molar-refractivity contribution in [1.82, 2.24) is 10.2 Å². The molecule has 0 spiro atoms. The zero-order chi connectivity index (χ0) is 14.9. The van der Waals surface area contributed by atoms with Gasteiger partial charge in [0.15, 0.2) is 0 Å². The van der Waals surface area contributed by atoms with Gasteiger partial charge in [-0.05, 0) is 31.5 Å². The quantitative estimate of drug-likeness (QED) is 0.872. The Labute approximate surface area is 122 Å². The highest BCUT2D eigenvalue weighted by molar-refractivity contribution is 6.30. The molecule has 0 radical (unpaired) electrons. The van der Waals surface area contributed by atoms with Crippen molar-refractivity contribution in [2.45, 2.75) is 13.3 Å². The number of halogens is 1. The highest BCUT2D eigenvalue weighted by Gasteiger charge is 2.41. The smallest absolute Gasteiger partial charge is 0.257 e. The van der Waals surface area contributed by atoms with E-state index in [1.807, 2.05) is 6.92 Å². The summed E-state index contributed by atoms with van der Waals surface area (Å²) in [5, 5.41) is 12.8. The number of amides is 2. The molecule has 0 bridgehead atoms. The summed E-state index contributed by atoms with van der Waals surface area (Å²) in [6.45, 7) is 2.67. The van der Waals surface area contributed by atoms with Crippen molar-refractivity contribution in [3.8, 4) is 5.75 Å². The molecule has 1 fully saturated rings. The van der Waals surface area contributed by atoms with Crippen LogP contribution in [0.2, 0.25) is 5.02 Å². The number of hydrogen-bond donors (Lipinski definition) is 2. The fraction of sp³-hybridized carbons (Fsp3) is 0.429. The molecule has 1 aromatic rings. The predicted octanol–water partition coefficient (Wildman–Crippen LogP) is 1.64. The SMILES string of the molecule is CNC(=O)C1(C)CCN(C(=O)c2ccc(Cl)cc2O)C1. The van der Waals surface area contributed by atoms with Crippen LogP contribution in [0.3, 0.4) is 0 Å². The number of carbonyl (C=O) groups excluding carboxylic acids is 2. The van der Waals surface area contributed by atoms with E-state index < -0.39 is 5.41 Å². The molecule has 1 saturated heterocycles. The molecule has 0 saturated carbocycles. The van der Waals surface area contributed by atoms with Crippen molar-refractivity contribution in [1.29, 1.82) is 0 Å². The number of phenols is 1. The third-order valence-corrected chi connectivity index (χ3v) is 3.96. The van der Waals surface area contributed by atoms with Gasteiger partial charge in [0.25, 0.3) is 5.91 Å². The molecule has 2 N–H and O–H groups in total. The third kappa shape index (κ3) is 2.58. The summed E-state index contributed by atoms with van der Waals surface area (Å²) in [6.07, 6.45) is 0.604. The summed E-state index contributed by atoms with van der Waals surface area (Å²) >= 11 is 5.75. The van der Waals surface area contributed by atoms with Gasteiger partial charge in [0.2, 0.25) is 5.91 Å². The Morgan fingerprint density at radius 1 is 1.45 bits per heavy atom. The summed E-state index contributed by atoms with van der Waals surface area (Å²) in [7, 11) is 1.59. The molecular formula is C14H17ClN2O3. The highest BCUT2D eigenvalue weighted by atomic mass is 35.5. The number of nitrogens with one attached hydrogen (secondary N) is 1. The van der Waals surface area contributed by atoms with Crippen LogP contribution < -0.4 is 5.32 Å². The molecule has 1 atom stereocenters. The van der Waals surface area contributed by atoms with E-state index in [1.165, 1.54) is 12.1 Å². The van der Waals surface area contributed by atoms with E-state index >= 15 is 0 Å². The first-order valence-electron chi connectivity index (χ1n) is 6.37. The van der Waals surface area contributed by atoms with Crippen LogP contribution in [0.25, 0.3) is 0 Å². The van der Waals surface area contributed by atoms with Crippen molar-refractivity contribution >= 4 is 23.4 Å². The summed E-state index contributed by atoms with van der Waals surface area (Å²) in [4.78, 5) is 25.8. The van der Waals surface area contributed by atoms with Crippen molar-refractivity contribution < 1.29 is 14.7 Å². The zero-order valence-corrected chi connectivity index (χ0v) is 12.2. The fourth-order valence-electron chi connectivity index (χ4n) is 2.48. The Balaban J connectivity index is 2.18. The Kier molecular flexibility index (Phi) is 3.90. The Morgan fingerprint density at radius 3 is 2.75 bits per heavy atom. The van der Waals surface area contributed by atoms with Gasteiger partial charge in [0.05, 0.1) is 11.0 Å². The Bertz CT molecular complexity index is 561. The minimum atomic E-state index is -0.577. The molecule has 2 rings (SSSR count). The summed E-state index contributed by atoms with van der Waals surface area (Å²) in [5.41, 5.74) is -0.373. The average Bonchev–Trinajstić information content (AvgIpc) is 2.81. The zero-order valence-electron chi connectivity index (χ0n) is 11.4. The van der Waals surface area contributed by atoms with Crippen molar-refractivity contribution in [3.05, 3.63) is 28.8 Å². The van der Waals surface area contributed by atoms with Gasteiger partial charge in [-0.3, -0.25) is 9.59 Å². The van der Waals surface area contributed by atoms with Gasteiger partial charge in [-0.2, -0.15) is 0 Å². The van der Waals surface area contributed by atoms with Crippen LogP contribution in [0, 0.1) is 5.41 Å². The lowest BCUT2D eigenvalue weighted by molar-refractivity contribution is -0.128. The molecule has 1 unspecified atom stereocenters. The average molecular weight is 297 g/mol. The number of benzene rings is 1. The first kappa shape index (κ1) is 14.7. The lowest BCUT2D eigenvalue weighted by Crippen LogP contribution is -2.40. The number of carbonyl (C=O) groups is 2. The van der Waals surface area contributed by atoms with Crippen LogP contribution in [0.5, 0.6) is 5.75 Å². The van der Waals surface area contributed by atoms with Crippen molar-refractivity contribution in [2.24, 2.45) is 5.41 Å². The van der Waals surface area contributed by atoms with E-state index in [1.54, 1.807) is 18.0 Å². The van der Waals surface area contributed by atoms with Crippen LogP contribution in [0.4, 0.5) is 0 Å². The molecule has 1 heterocycles. The lowest BCUT2D eigenvalue weighted by Gasteiger charge is -2.23. The lowest BCUT2D eigenvalue weighted by atomic mass is 9.89. The van der Waals surface area contributed by atoms with Gasteiger partial charge in [-0.1, -0.05) is 11.6 Å². The monoisotopic (exact) mass is 296 g/mol. The van der Waals surface area contributed by atoms with Gasteiger partial charge < -0.3 is 15.3 Å². The van der Waals surface area contributed by atoms with Gasteiger partial charge >= 0.3 is 0 Å². The summed E-state index contributed by atoms with van der Waals surface area (Å²) < 4.78 is 0. The van der Waals surface area contributed by atoms with Crippen molar-refractivity contribution in [3.63, 3.8) is 0 Å². The number of phenolic OH excluding ortho intramolecular Hbond substituents is 1. The van der Waals surface area contributed by atoms with E-state index in [4.69, 9.17) is 11.6 Å². The van der Waals surface area contributed by atoms with Crippen LogP contribution in [0.1, 0.15) is 23.7 Å². The van der Waals surface area contributed by atoms with Gasteiger partial charge in [0.1, 0.15) is 5.75 Å². The van der Waals surface area contributed by atoms with Gasteiger partial charge in [-0.25, -0.2) is 0 Å². The number of hydrogen-bond acceptors (Lipinski definition) is 3. The first-order valence-corrected chi connectivity index (χ1v) is 6.75. The maximum absolute atomic E-state index is 12.4. The van der Waals surface area contributed by atoms with Gasteiger partial charge in [0, 0.05) is 25.2 Å². The molecule has 5 nitrogen and oxygen atoms in total. The van der Waals surface area contributed by atoms with E-state index in [9.17, 15) is 14.7 Å². The highest BCUT2D eigenvalue weighted by Crippen LogP contribution is 2.32. The third-order valence-electron chi connectivity index (χ3n) is 3.73. The molecule has 1 aromatic carbocycles. The van der Waals surface area contributed by atoms with Crippen LogP contribution in [0.15, 0.2) is 18.2 Å². The summed E-state index contributed by atoms with van der Waals surface area (Å²) in [5.74, 6) is -0.504. The van der Waals surface area contributed by atoms with E-state index in [-0.39, 0.29) is 23.1 Å². The number of aromatic hydroxyl groups is 1. The van der Waals surface area contributed by atoms with E-state index in [2.05, 4.69) is 5.32 Å². The fourth-order valence-corrected chi connectivity index (χ4v) is 2.64. The molecule has 108 valence electrons. The molecular weight excluding hydrogens is 280 g/mol. The number of likely N-dealkylation sites (tertiary alicyclic amines) is 1. The van der Waals surface area contributed by atoms with E-state index in [0.717, 1.165) is 0 Å². The van der Waals surface area contributed by atoms with Crippen LogP contribution in [-0.2, 0) is 4.79 Å². The molecule has 2 amide bonds. The topological polar surface area (TPSA) is 69.6 Å². The number of rotatable bonds is 2. The summed E-state index contributed by atoms with van der Waals surface area (Å²) in [6, 6.07) is 4.39. The second kappa shape index (κ2) is 5.32. The minimum Gasteiger partial charge on any atom is -0.507 e. The molecule has 1 aliphatic rings. The van der Waals surface area contributed by atoms with Gasteiger partial charge in [-0.15, -0.1) is 0 Å². The Hall–Kier alpha value is -1.75. The van der Waals surface area contributed by atoms with Crippen LogP contribution in [-0.4, -0.2) is 42.0 Å².